The van der Waals surface area contributed by atoms with E-state index in [9.17, 15) is 18.0 Å². The van der Waals surface area contributed by atoms with Gasteiger partial charge < -0.3 is 10.0 Å². The quantitative estimate of drug-likeness (QED) is 0.572. The zero-order valence-electron chi connectivity index (χ0n) is 20.3. The molecular formula is C25H28F3N5O3. The maximum Gasteiger partial charge on any atom is 0.490 e. The van der Waals surface area contributed by atoms with Crippen LogP contribution in [0.1, 0.15) is 34.3 Å². The van der Waals surface area contributed by atoms with Gasteiger partial charge in [-0.05, 0) is 50.9 Å². The van der Waals surface area contributed by atoms with Crippen LogP contribution in [0.4, 0.5) is 13.2 Å². The third-order valence-electron chi connectivity index (χ3n) is 6.60. The van der Waals surface area contributed by atoms with Crippen LogP contribution in [0, 0.1) is 13.8 Å². The van der Waals surface area contributed by atoms with Crippen molar-refractivity contribution in [2.24, 2.45) is 7.05 Å². The predicted molar refractivity (Wildman–Crippen MR) is 128 cm³/mol. The Morgan fingerprint density at radius 2 is 1.83 bits per heavy atom. The average molecular weight is 504 g/mol. The van der Waals surface area contributed by atoms with Gasteiger partial charge in [-0.25, -0.2) is 9.78 Å². The van der Waals surface area contributed by atoms with Crippen LogP contribution in [0.5, 0.6) is 0 Å². The molecule has 0 radical (unpaired) electrons. The molecule has 1 atom stereocenters. The fourth-order valence-electron chi connectivity index (χ4n) is 4.91. The Bertz CT molecular complexity index is 1300. The molecule has 0 saturated carbocycles. The Kier molecular flexibility index (Phi) is 7.03. The highest BCUT2D eigenvalue weighted by Gasteiger charge is 2.38. The van der Waals surface area contributed by atoms with Gasteiger partial charge in [-0.1, -0.05) is 11.6 Å². The van der Waals surface area contributed by atoms with Crippen LogP contribution in [-0.4, -0.2) is 79.9 Å². The van der Waals surface area contributed by atoms with E-state index in [4.69, 9.17) is 14.9 Å². The van der Waals surface area contributed by atoms with Crippen molar-refractivity contribution >= 4 is 22.8 Å². The Labute approximate surface area is 206 Å². The molecule has 0 bridgehead atoms. The van der Waals surface area contributed by atoms with E-state index in [0.29, 0.717) is 6.04 Å². The van der Waals surface area contributed by atoms with Gasteiger partial charge >= 0.3 is 12.1 Å². The van der Waals surface area contributed by atoms with E-state index in [2.05, 4.69) is 36.0 Å². The van der Waals surface area contributed by atoms with Crippen molar-refractivity contribution < 1.29 is 27.9 Å². The fraction of sp³-hybridized carbons (Fsp3) is 0.440. The molecule has 2 aliphatic heterocycles. The number of hydrogen-bond donors (Lipinski definition) is 1. The molecule has 0 aliphatic carbocycles. The summed E-state index contributed by atoms with van der Waals surface area (Å²) >= 11 is 0. The fourth-order valence-corrected chi connectivity index (χ4v) is 4.91. The van der Waals surface area contributed by atoms with Crippen LogP contribution in [0.15, 0.2) is 30.6 Å². The largest absolute Gasteiger partial charge is 0.490 e. The van der Waals surface area contributed by atoms with E-state index in [0.717, 1.165) is 58.5 Å². The number of aryl methyl sites for hydroxylation is 3. The van der Waals surface area contributed by atoms with Crippen molar-refractivity contribution in [3.63, 3.8) is 0 Å². The molecule has 5 rings (SSSR count). The Morgan fingerprint density at radius 3 is 2.47 bits per heavy atom. The molecule has 4 heterocycles. The topological polar surface area (TPSA) is 91.6 Å². The third kappa shape index (κ3) is 5.35. The summed E-state index contributed by atoms with van der Waals surface area (Å²) < 4.78 is 33.5. The number of pyridine rings is 1. The molecule has 1 aromatic carbocycles. The summed E-state index contributed by atoms with van der Waals surface area (Å²) in [6, 6.07) is 6.71. The van der Waals surface area contributed by atoms with Crippen molar-refractivity contribution in [1.82, 2.24) is 24.6 Å². The monoisotopic (exact) mass is 503 g/mol. The van der Waals surface area contributed by atoms with Crippen LogP contribution in [0.3, 0.4) is 0 Å². The Balaban J connectivity index is 0.000000384. The second-order valence-electron chi connectivity index (χ2n) is 9.32. The number of carbonyl (C=O) groups excluding carboxylic acids is 1. The van der Waals surface area contributed by atoms with Crippen molar-refractivity contribution in [1.29, 1.82) is 0 Å². The van der Waals surface area contributed by atoms with Crippen LogP contribution < -0.4 is 0 Å². The molecule has 1 N–H and O–H groups in total. The molecule has 8 nitrogen and oxygen atoms in total. The number of carboxylic acid groups (broad SMARTS) is 1. The molecule has 1 amide bonds. The van der Waals surface area contributed by atoms with E-state index in [-0.39, 0.29) is 5.91 Å². The summed E-state index contributed by atoms with van der Waals surface area (Å²) in [7, 11) is 1.90. The first-order valence-corrected chi connectivity index (χ1v) is 11.7. The van der Waals surface area contributed by atoms with Gasteiger partial charge in [-0.2, -0.15) is 18.3 Å². The number of aliphatic carboxylic acids is 1. The van der Waals surface area contributed by atoms with Gasteiger partial charge in [-0.3, -0.25) is 14.4 Å². The minimum absolute atomic E-state index is 0.124. The maximum atomic E-state index is 13.7. The summed E-state index contributed by atoms with van der Waals surface area (Å²) in [5.41, 5.74) is 5.65. The van der Waals surface area contributed by atoms with E-state index in [1.54, 1.807) is 4.68 Å². The molecule has 2 fully saturated rings. The van der Waals surface area contributed by atoms with Crippen LogP contribution in [0.25, 0.3) is 22.2 Å². The molecule has 1 unspecified atom stereocenters. The molecule has 0 spiro atoms. The first-order valence-electron chi connectivity index (χ1n) is 11.7. The normalized spacial score (nSPS) is 18.1. The number of nitrogens with zero attached hydrogens (tertiary/aromatic N) is 5. The van der Waals surface area contributed by atoms with Gasteiger partial charge in [0.2, 0.25) is 0 Å². The number of piperazine rings is 1. The number of carbonyl (C=O) groups is 2. The lowest BCUT2D eigenvalue weighted by Gasteiger charge is -2.37. The van der Waals surface area contributed by atoms with E-state index in [1.807, 2.05) is 30.4 Å². The van der Waals surface area contributed by atoms with Gasteiger partial charge in [0.05, 0.1) is 23.0 Å². The molecule has 2 saturated heterocycles. The lowest BCUT2D eigenvalue weighted by Crippen LogP contribution is -2.52. The van der Waals surface area contributed by atoms with E-state index >= 15 is 0 Å². The second-order valence-corrected chi connectivity index (χ2v) is 9.32. The summed E-state index contributed by atoms with van der Waals surface area (Å²) in [5, 5.41) is 12.4. The molecule has 11 heteroatoms. The van der Waals surface area contributed by atoms with Crippen molar-refractivity contribution in [3.8, 4) is 11.3 Å². The number of amides is 1. The molecule has 3 aromatic rings. The van der Waals surface area contributed by atoms with Crippen molar-refractivity contribution in [2.75, 3.05) is 26.2 Å². The van der Waals surface area contributed by atoms with Crippen LogP contribution >= 0.6 is 0 Å². The van der Waals surface area contributed by atoms with Gasteiger partial charge in [-0.15, -0.1) is 0 Å². The summed E-state index contributed by atoms with van der Waals surface area (Å²) in [5.74, 6) is -2.63. The van der Waals surface area contributed by atoms with Gasteiger partial charge in [0, 0.05) is 49.9 Å². The summed E-state index contributed by atoms with van der Waals surface area (Å²) in [6.07, 6.45) is 1.11. The Morgan fingerprint density at radius 1 is 1.11 bits per heavy atom. The van der Waals surface area contributed by atoms with Crippen molar-refractivity contribution in [3.05, 3.63) is 47.3 Å². The number of fused-ring (bicyclic) bond motifs is 2. The molecule has 192 valence electrons. The first kappa shape index (κ1) is 25.6. The minimum atomic E-state index is -5.08. The lowest BCUT2D eigenvalue weighted by molar-refractivity contribution is -0.192. The number of benzene rings is 1. The van der Waals surface area contributed by atoms with E-state index in [1.165, 1.54) is 19.4 Å². The zero-order chi connectivity index (χ0) is 26.2. The standard InChI is InChI=1S/C23H27N5O.C2HF3O2/c1-15-9-16(2)22-19(10-15)20(11-21(25-22)17-12-24-26(3)13-17)23(29)28-8-7-27-6-4-5-18(27)14-28;3-2(4,5)1(6)7/h9-13,18H,4-8,14H2,1-3H3;(H,6,7). The molecule has 2 aromatic heterocycles. The molecule has 36 heavy (non-hydrogen) atoms. The highest BCUT2D eigenvalue weighted by molar-refractivity contribution is 6.08. The van der Waals surface area contributed by atoms with Crippen molar-refractivity contribution in [2.45, 2.75) is 38.9 Å². The third-order valence-corrected chi connectivity index (χ3v) is 6.60. The number of alkyl halides is 3. The van der Waals surface area contributed by atoms with Crippen LogP contribution in [0.2, 0.25) is 0 Å². The SMILES string of the molecule is Cc1cc(C)c2nc(-c3cnn(C)c3)cc(C(=O)N3CCN4CCCC4C3)c2c1.O=C(O)C(F)(F)F. The number of aromatic nitrogens is 3. The van der Waals surface area contributed by atoms with Gasteiger partial charge in [0.15, 0.2) is 0 Å². The maximum absolute atomic E-state index is 13.7. The number of rotatable bonds is 2. The van der Waals surface area contributed by atoms with Gasteiger partial charge in [0.1, 0.15) is 0 Å². The van der Waals surface area contributed by atoms with Crippen LogP contribution in [-0.2, 0) is 11.8 Å². The highest BCUT2D eigenvalue weighted by atomic mass is 19.4. The number of carboxylic acids is 1. The minimum Gasteiger partial charge on any atom is -0.475 e. The first-order chi connectivity index (χ1) is 16.9. The summed E-state index contributed by atoms with van der Waals surface area (Å²) in [4.78, 5) is 32.1. The summed E-state index contributed by atoms with van der Waals surface area (Å²) in [6.45, 7) is 7.93. The number of hydrogen-bond acceptors (Lipinski definition) is 5. The highest BCUT2D eigenvalue weighted by Crippen LogP contribution is 2.30. The van der Waals surface area contributed by atoms with Gasteiger partial charge in [0.25, 0.3) is 5.91 Å². The number of halogens is 3. The lowest BCUT2D eigenvalue weighted by atomic mass is 9.99. The molecular weight excluding hydrogens is 475 g/mol. The Hall–Kier alpha value is -3.47. The second kappa shape index (κ2) is 9.88. The molecule has 2 aliphatic rings. The zero-order valence-corrected chi connectivity index (χ0v) is 20.3. The van der Waals surface area contributed by atoms with E-state index < -0.39 is 12.1 Å². The predicted octanol–water partition coefficient (Wildman–Crippen LogP) is 3.81. The smallest absolute Gasteiger partial charge is 0.475 e. The average Bonchev–Trinajstić information content (AvgIpc) is 3.46.